The lowest BCUT2D eigenvalue weighted by molar-refractivity contribution is -0.137. The van der Waals surface area contributed by atoms with Gasteiger partial charge in [-0.1, -0.05) is 6.07 Å². The van der Waals surface area contributed by atoms with Crippen LogP contribution in [-0.2, 0) is 13.2 Å². The number of nitrogens with one attached hydrogen (secondary N) is 1. The molecule has 0 saturated heterocycles. The predicted octanol–water partition coefficient (Wildman–Crippen LogP) is 4.70. The molecule has 5 aromatic rings. The Kier molecular flexibility index (Phi) is 5.76. The molecule has 2 N–H and O–H groups in total. The lowest BCUT2D eigenvalue weighted by Crippen LogP contribution is -2.31. The molecule has 3 heterocycles. The highest BCUT2D eigenvalue weighted by Crippen LogP contribution is 2.35. The molecule has 3 aromatic heterocycles. The van der Waals surface area contributed by atoms with Crippen LogP contribution in [0.2, 0.25) is 0 Å². The maximum absolute atomic E-state index is 13.1. The van der Waals surface area contributed by atoms with Crippen molar-refractivity contribution in [2.75, 3.05) is 6.61 Å². The summed E-state index contributed by atoms with van der Waals surface area (Å²) < 4.78 is 42.7. The first-order valence-corrected chi connectivity index (χ1v) is 11.2. The van der Waals surface area contributed by atoms with E-state index in [0.29, 0.717) is 28.1 Å². The van der Waals surface area contributed by atoms with Gasteiger partial charge in [0.15, 0.2) is 5.65 Å². The number of hydrogen-bond donors (Lipinski definition) is 2. The molecule has 184 valence electrons. The molecule has 1 atom stereocenters. The van der Waals surface area contributed by atoms with Crippen molar-refractivity contribution in [1.82, 2.24) is 24.6 Å². The molecular weight excluding hydrogens is 471 g/mol. The molecule has 10 heteroatoms. The third-order valence-corrected chi connectivity index (χ3v) is 6.28. The van der Waals surface area contributed by atoms with Gasteiger partial charge in [0.1, 0.15) is 0 Å². The van der Waals surface area contributed by atoms with E-state index in [0.717, 1.165) is 28.6 Å². The van der Waals surface area contributed by atoms with Crippen molar-refractivity contribution < 1.29 is 23.1 Å². The Hall–Kier alpha value is -4.18. The fourth-order valence-electron chi connectivity index (χ4n) is 4.35. The maximum Gasteiger partial charge on any atom is 0.416 e. The van der Waals surface area contributed by atoms with Gasteiger partial charge in [-0.05, 0) is 61.5 Å². The number of carbonyl (C=O) groups is 1. The monoisotopic (exact) mass is 493 g/mol. The first-order chi connectivity index (χ1) is 17.2. The molecule has 0 radical (unpaired) electrons. The number of nitrogens with zero attached hydrogens (tertiary/aromatic N) is 4. The quantitative estimate of drug-likeness (QED) is 0.372. The summed E-state index contributed by atoms with van der Waals surface area (Å²) in [6.07, 6.45) is -2.85. The van der Waals surface area contributed by atoms with Crippen LogP contribution >= 0.6 is 0 Å². The van der Waals surface area contributed by atoms with Gasteiger partial charge in [0.25, 0.3) is 5.91 Å². The molecule has 0 spiro atoms. The number of benzene rings is 2. The third-order valence-electron chi connectivity index (χ3n) is 6.28. The molecule has 5 rings (SSSR count). The normalized spacial score (nSPS) is 12.8. The van der Waals surface area contributed by atoms with Gasteiger partial charge >= 0.3 is 6.18 Å². The molecule has 1 amide bonds. The van der Waals surface area contributed by atoms with Crippen molar-refractivity contribution in [3.8, 4) is 5.69 Å². The summed E-state index contributed by atoms with van der Waals surface area (Å²) in [6.45, 7) is 1.57. The van der Waals surface area contributed by atoms with Crippen molar-refractivity contribution in [2.24, 2.45) is 7.05 Å². The largest absolute Gasteiger partial charge is 0.416 e. The summed E-state index contributed by atoms with van der Waals surface area (Å²) >= 11 is 0. The number of carbonyl (C=O) groups excluding carboxylic acids is 1. The van der Waals surface area contributed by atoms with Crippen LogP contribution in [0, 0.1) is 6.92 Å². The van der Waals surface area contributed by atoms with E-state index in [1.165, 1.54) is 12.1 Å². The van der Waals surface area contributed by atoms with Gasteiger partial charge in [-0.3, -0.25) is 19.0 Å². The number of hydrogen-bond acceptors (Lipinski definition) is 4. The van der Waals surface area contributed by atoms with Crippen LogP contribution in [0.25, 0.3) is 27.6 Å². The van der Waals surface area contributed by atoms with E-state index in [-0.39, 0.29) is 6.61 Å². The zero-order chi connectivity index (χ0) is 25.6. The highest BCUT2D eigenvalue weighted by atomic mass is 19.4. The van der Waals surface area contributed by atoms with Gasteiger partial charge in [-0.2, -0.15) is 18.3 Å². The first kappa shape index (κ1) is 23.6. The number of amides is 1. The zero-order valence-corrected chi connectivity index (χ0v) is 19.4. The SMILES string of the molecule is Cc1c2c3cc(C(=O)N[C@@H](CO)c4ccccn4)ccc3n(-c3ccc(C(F)(F)F)cc3)c2nn1C. The molecule has 0 fully saturated rings. The number of alkyl halides is 3. The topological polar surface area (TPSA) is 85.0 Å². The fourth-order valence-corrected chi connectivity index (χ4v) is 4.35. The lowest BCUT2D eigenvalue weighted by Gasteiger charge is -2.16. The lowest BCUT2D eigenvalue weighted by atomic mass is 10.1. The molecule has 7 nitrogen and oxygen atoms in total. The Bertz CT molecular complexity index is 1570. The van der Waals surface area contributed by atoms with E-state index in [1.54, 1.807) is 58.9 Å². The van der Waals surface area contributed by atoms with Crippen LogP contribution in [0.5, 0.6) is 0 Å². The van der Waals surface area contributed by atoms with Crippen LogP contribution in [0.4, 0.5) is 13.2 Å². The Labute approximate surface area is 203 Å². The Balaban J connectivity index is 1.59. The minimum Gasteiger partial charge on any atom is -0.394 e. The van der Waals surface area contributed by atoms with E-state index in [4.69, 9.17) is 0 Å². The molecule has 0 aliphatic heterocycles. The van der Waals surface area contributed by atoms with Gasteiger partial charge in [-0.25, -0.2) is 0 Å². The second-order valence-corrected chi connectivity index (χ2v) is 8.48. The van der Waals surface area contributed by atoms with Gasteiger partial charge in [0, 0.05) is 41.0 Å². The number of aliphatic hydroxyl groups excluding tert-OH is 1. The molecule has 2 aromatic carbocycles. The van der Waals surface area contributed by atoms with Crippen molar-refractivity contribution >= 4 is 27.8 Å². The van der Waals surface area contributed by atoms with Gasteiger partial charge < -0.3 is 10.4 Å². The molecule has 0 aliphatic carbocycles. The first-order valence-electron chi connectivity index (χ1n) is 11.2. The summed E-state index contributed by atoms with van der Waals surface area (Å²) in [5.74, 6) is -0.390. The average Bonchev–Trinajstić information content (AvgIpc) is 3.34. The van der Waals surface area contributed by atoms with Gasteiger partial charge in [-0.15, -0.1) is 0 Å². The summed E-state index contributed by atoms with van der Waals surface area (Å²) in [5.41, 5.74) is 2.81. The van der Waals surface area contributed by atoms with E-state index in [2.05, 4.69) is 15.4 Å². The molecule has 0 unspecified atom stereocenters. The van der Waals surface area contributed by atoms with Crippen LogP contribution in [0.3, 0.4) is 0 Å². The number of fused-ring (bicyclic) bond motifs is 3. The van der Waals surface area contributed by atoms with Crippen LogP contribution in [-0.4, -0.2) is 37.0 Å². The Morgan fingerprint density at radius 2 is 1.86 bits per heavy atom. The van der Waals surface area contributed by atoms with Crippen molar-refractivity contribution in [3.05, 3.63) is 89.4 Å². The number of rotatable bonds is 5. The highest BCUT2D eigenvalue weighted by Gasteiger charge is 2.30. The van der Waals surface area contributed by atoms with Gasteiger partial charge in [0.05, 0.1) is 29.4 Å². The van der Waals surface area contributed by atoms with Crippen LogP contribution in [0.15, 0.2) is 66.9 Å². The number of aliphatic hydroxyl groups is 1. The minimum absolute atomic E-state index is 0.318. The van der Waals surface area contributed by atoms with Gasteiger partial charge in [0.2, 0.25) is 0 Å². The Morgan fingerprint density at radius 1 is 1.11 bits per heavy atom. The van der Waals surface area contributed by atoms with E-state index < -0.39 is 23.7 Å². The van der Waals surface area contributed by atoms with E-state index in [1.807, 2.05) is 6.92 Å². The molecule has 0 saturated carbocycles. The van der Waals surface area contributed by atoms with Crippen molar-refractivity contribution in [1.29, 1.82) is 0 Å². The summed E-state index contributed by atoms with van der Waals surface area (Å²) in [6, 6.07) is 14.6. The van der Waals surface area contributed by atoms with Crippen LogP contribution in [0.1, 0.15) is 33.4 Å². The number of pyridine rings is 1. The molecule has 0 aliphatic rings. The smallest absolute Gasteiger partial charge is 0.394 e. The molecule has 0 bridgehead atoms. The fraction of sp³-hybridized carbons (Fsp3) is 0.192. The van der Waals surface area contributed by atoms with E-state index >= 15 is 0 Å². The molecule has 36 heavy (non-hydrogen) atoms. The second kappa shape index (κ2) is 8.80. The number of halogens is 3. The summed E-state index contributed by atoms with van der Waals surface area (Å²) in [5, 5.41) is 18.7. The third kappa shape index (κ3) is 3.99. The highest BCUT2D eigenvalue weighted by molar-refractivity contribution is 6.11. The standard InChI is InChI=1S/C26H22F3N5O2/c1-15-23-19-13-16(25(36)31-21(14-35)20-5-3-4-12-30-20)6-11-22(19)34(24(23)32-33(15)2)18-9-7-17(8-10-18)26(27,28)29/h3-13,21,35H,14H2,1-2H3,(H,31,36)/t21-/m0/s1. The summed E-state index contributed by atoms with van der Waals surface area (Å²) in [7, 11) is 1.79. The van der Waals surface area contributed by atoms with E-state index in [9.17, 15) is 23.1 Å². The summed E-state index contributed by atoms with van der Waals surface area (Å²) in [4.78, 5) is 17.3. The van der Waals surface area contributed by atoms with Crippen LogP contribution < -0.4 is 5.32 Å². The van der Waals surface area contributed by atoms with Crippen molar-refractivity contribution in [2.45, 2.75) is 19.1 Å². The van der Waals surface area contributed by atoms with Crippen molar-refractivity contribution in [3.63, 3.8) is 0 Å². The number of aromatic nitrogens is 4. The maximum atomic E-state index is 13.1. The second-order valence-electron chi connectivity index (χ2n) is 8.48. The average molecular weight is 493 g/mol. The molecular formula is C26H22F3N5O2. The zero-order valence-electron chi connectivity index (χ0n) is 19.4. The Morgan fingerprint density at radius 3 is 2.50 bits per heavy atom. The number of aryl methyl sites for hydroxylation is 2. The minimum atomic E-state index is -4.43. The predicted molar refractivity (Wildman–Crippen MR) is 129 cm³/mol.